The number of rotatable bonds is 12. The van der Waals surface area contributed by atoms with Gasteiger partial charge in [-0.2, -0.15) is 4.31 Å². The molecule has 1 saturated heterocycles. The summed E-state index contributed by atoms with van der Waals surface area (Å²) in [7, 11) is -3.76. The van der Waals surface area contributed by atoms with Gasteiger partial charge < -0.3 is 14.4 Å². The number of carbonyl (C=O) groups is 1. The van der Waals surface area contributed by atoms with E-state index in [1.807, 2.05) is 20.8 Å². The number of aliphatic hydroxyl groups excluding tert-OH is 1. The monoisotopic (exact) mass is 557 g/mol. The van der Waals surface area contributed by atoms with E-state index in [1.165, 1.54) is 8.87 Å². The minimum Gasteiger partial charge on any atom is -0.493 e. The number of carbonyl (C=O) groups excluding carboxylic acids is 1. The summed E-state index contributed by atoms with van der Waals surface area (Å²) in [5.41, 5.74) is 3.05. The smallest absolute Gasteiger partial charge is 0.256 e. The zero-order valence-electron chi connectivity index (χ0n) is 23.1. The van der Waals surface area contributed by atoms with Gasteiger partial charge in [-0.15, -0.1) is 0 Å². The third-order valence-corrected chi connectivity index (χ3v) is 9.56. The first kappa shape index (κ1) is 29.2. The minimum absolute atomic E-state index is 0.113. The van der Waals surface area contributed by atoms with Crippen molar-refractivity contribution in [2.75, 3.05) is 26.3 Å². The summed E-state index contributed by atoms with van der Waals surface area (Å²) in [5, 5.41) is 9.24. The molecule has 2 aromatic rings. The van der Waals surface area contributed by atoms with Gasteiger partial charge in [-0.05, 0) is 63.1 Å². The highest BCUT2D eigenvalue weighted by Gasteiger charge is 2.32. The van der Waals surface area contributed by atoms with E-state index in [4.69, 9.17) is 9.73 Å². The number of aliphatic imine (C=N–C) groups is 1. The highest BCUT2D eigenvalue weighted by molar-refractivity contribution is 7.89. The van der Waals surface area contributed by atoms with Crippen LogP contribution in [0.4, 0.5) is 5.69 Å². The number of sulfonamides is 1. The Bertz CT molecular complexity index is 1410. The number of aromatic nitrogens is 1. The molecule has 9 nitrogen and oxygen atoms in total. The number of aldehydes is 1. The zero-order chi connectivity index (χ0) is 28.2. The van der Waals surface area contributed by atoms with Gasteiger partial charge in [0.25, 0.3) is 5.56 Å². The lowest BCUT2D eigenvalue weighted by molar-refractivity contribution is 0.111. The Morgan fingerprint density at radius 2 is 1.90 bits per heavy atom. The number of hydrogen-bond donors (Lipinski definition) is 1. The maximum Gasteiger partial charge on any atom is 0.256 e. The van der Waals surface area contributed by atoms with E-state index >= 15 is 0 Å². The average Bonchev–Trinajstić information content (AvgIpc) is 3.39. The summed E-state index contributed by atoms with van der Waals surface area (Å²) >= 11 is 0. The van der Waals surface area contributed by atoms with Crippen LogP contribution in [0, 0.1) is 5.92 Å². The fourth-order valence-electron chi connectivity index (χ4n) is 5.58. The molecule has 4 rings (SSSR count). The van der Waals surface area contributed by atoms with Gasteiger partial charge in [0.05, 0.1) is 28.6 Å². The summed E-state index contributed by atoms with van der Waals surface area (Å²) in [4.78, 5) is 30.4. The maximum absolute atomic E-state index is 13.6. The molecule has 0 atom stereocenters. The first-order valence-electron chi connectivity index (χ1n) is 14.0. The molecule has 1 fully saturated rings. The Morgan fingerprint density at radius 3 is 2.51 bits per heavy atom. The molecular formula is C29H39N3O6S. The van der Waals surface area contributed by atoms with Crippen molar-refractivity contribution in [1.29, 1.82) is 0 Å². The van der Waals surface area contributed by atoms with E-state index in [9.17, 15) is 23.1 Å². The minimum atomic E-state index is -3.76. The number of hydrogen-bond acceptors (Lipinski definition) is 7. The van der Waals surface area contributed by atoms with Gasteiger partial charge in [0.1, 0.15) is 5.75 Å². The van der Waals surface area contributed by atoms with Gasteiger partial charge in [-0.25, -0.2) is 8.42 Å². The van der Waals surface area contributed by atoms with Crippen molar-refractivity contribution in [3.63, 3.8) is 0 Å². The molecule has 0 unspecified atom stereocenters. The first-order valence-corrected chi connectivity index (χ1v) is 15.4. The van der Waals surface area contributed by atoms with E-state index in [0.717, 1.165) is 37.5 Å². The number of ether oxygens (including phenoxy) is 1. The third kappa shape index (κ3) is 5.73. The van der Waals surface area contributed by atoms with Gasteiger partial charge in [0, 0.05) is 49.4 Å². The van der Waals surface area contributed by atoms with Crippen LogP contribution in [-0.4, -0.2) is 60.7 Å². The Kier molecular flexibility index (Phi) is 9.40. The van der Waals surface area contributed by atoms with Crippen molar-refractivity contribution in [3.05, 3.63) is 50.9 Å². The van der Waals surface area contributed by atoms with Gasteiger partial charge in [-0.3, -0.25) is 14.6 Å². The lowest BCUT2D eigenvalue weighted by atomic mass is 9.95. The molecule has 0 radical (unpaired) electrons. The average molecular weight is 558 g/mol. The number of pyridine rings is 1. The number of fused-ring (bicyclic) bond motifs is 1. The molecule has 0 bridgehead atoms. The van der Waals surface area contributed by atoms with Gasteiger partial charge >= 0.3 is 0 Å². The molecule has 0 amide bonds. The van der Waals surface area contributed by atoms with Crippen molar-refractivity contribution in [2.24, 2.45) is 10.9 Å². The van der Waals surface area contributed by atoms with Crippen LogP contribution in [0.3, 0.4) is 0 Å². The summed E-state index contributed by atoms with van der Waals surface area (Å²) in [6.45, 7) is 7.61. The van der Waals surface area contributed by atoms with E-state index in [2.05, 4.69) is 0 Å². The molecule has 0 saturated carbocycles. The Hall–Kier alpha value is -2.82. The fourth-order valence-corrected chi connectivity index (χ4v) is 7.08. The normalized spacial score (nSPS) is 16.3. The van der Waals surface area contributed by atoms with Gasteiger partial charge in [-0.1, -0.05) is 20.3 Å². The van der Waals surface area contributed by atoms with Crippen LogP contribution >= 0.6 is 0 Å². The number of piperidine rings is 1. The second-order valence-corrected chi connectivity index (χ2v) is 12.1. The summed E-state index contributed by atoms with van der Waals surface area (Å²) in [6.07, 6.45) is 5.26. The lowest BCUT2D eigenvalue weighted by Gasteiger charge is -2.31. The largest absolute Gasteiger partial charge is 0.493 e. The van der Waals surface area contributed by atoms with E-state index < -0.39 is 10.0 Å². The molecule has 2 aliphatic rings. The Morgan fingerprint density at radius 1 is 1.15 bits per heavy atom. The molecule has 10 heteroatoms. The lowest BCUT2D eigenvalue weighted by Crippen LogP contribution is -2.38. The highest BCUT2D eigenvalue weighted by Crippen LogP contribution is 2.36. The topological polar surface area (TPSA) is 118 Å². The van der Waals surface area contributed by atoms with E-state index in [0.29, 0.717) is 79.0 Å². The molecule has 212 valence electrons. The first-order chi connectivity index (χ1) is 18.8. The molecule has 1 aromatic carbocycles. The Labute approximate surface area is 230 Å². The fraction of sp³-hybridized carbons (Fsp3) is 0.552. The summed E-state index contributed by atoms with van der Waals surface area (Å²) in [6, 6.07) is 4.86. The predicted octanol–water partition coefficient (Wildman–Crippen LogP) is 3.88. The maximum atomic E-state index is 13.6. The molecular weight excluding hydrogens is 518 g/mol. The number of aliphatic hydroxyl groups is 1. The zero-order valence-corrected chi connectivity index (χ0v) is 23.9. The summed E-state index contributed by atoms with van der Waals surface area (Å²) < 4.78 is 36.3. The number of benzene rings is 1. The standard InChI is InChI=1S/C29H39N3O6S/c1-4-7-22-26(19-34)32(6-3)29(35)24-18-25(30-28(22)24)23-17-21(8-9-27(23)38-16-5-2)39(36,37)31-13-10-20(11-14-31)12-15-33/h8-9,17,19-20,33H,4-7,10-16,18H2,1-3H3. The van der Waals surface area contributed by atoms with Crippen LogP contribution in [0.25, 0.3) is 0 Å². The highest BCUT2D eigenvalue weighted by atomic mass is 32.2. The molecule has 0 spiro atoms. The van der Waals surface area contributed by atoms with Crippen LogP contribution in [0.5, 0.6) is 5.75 Å². The summed E-state index contributed by atoms with van der Waals surface area (Å²) in [5.74, 6) is 0.849. The van der Waals surface area contributed by atoms with Crippen LogP contribution in [-0.2, 0) is 29.4 Å². The van der Waals surface area contributed by atoms with Crippen molar-refractivity contribution in [1.82, 2.24) is 8.87 Å². The van der Waals surface area contributed by atoms with Crippen LogP contribution in [0.2, 0.25) is 0 Å². The SMILES string of the molecule is CCCOc1ccc(S(=O)(=O)N2CCC(CCO)CC2)cc1C1=Nc2c(CCC)c(C=O)n(CC)c(=O)c2C1. The van der Waals surface area contributed by atoms with E-state index in [-0.39, 0.29) is 23.5 Å². The predicted molar refractivity (Wildman–Crippen MR) is 151 cm³/mol. The second-order valence-electron chi connectivity index (χ2n) is 10.2. The van der Waals surface area contributed by atoms with Crippen molar-refractivity contribution in [3.8, 4) is 5.75 Å². The van der Waals surface area contributed by atoms with Gasteiger partial charge in [0.15, 0.2) is 6.29 Å². The van der Waals surface area contributed by atoms with Crippen molar-refractivity contribution >= 4 is 27.7 Å². The van der Waals surface area contributed by atoms with Crippen LogP contribution < -0.4 is 10.3 Å². The second kappa shape index (κ2) is 12.6. The van der Waals surface area contributed by atoms with Crippen LogP contribution in [0.1, 0.15) is 80.1 Å². The van der Waals surface area contributed by atoms with Crippen LogP contribution in [0.15, 0.2) is 32.9 Å². The molecule has 3 heterocycles. The molecule has 1 N–H and O–H groups in total. The third-order valence-electron chi connectivity index (χ3n) is 7.67. The van der Waals surface area contributed by atoms with Crippen molar-refractivity contribution < 1.29 is 23.1 Å². The molecule has 2 aliphatic heterocycles. The molecule has 1 aromatic heterocycles. The van der Waals surface area contributed by atoms with Crippen molar-refractivity contribution in [2.45, 2.75) is 77.2 Å². The molecule has 0 aliphatic carbocycles. The quantitative estimate of drug-likeness (QED) is 0.396. The number of nitrogens with zero attached hydrogens (tertiary/aromatic N) is 3. The van der Waals surface area contributed by atoms with E-state index in [1.54, 1.807) is 18.2 Å². The van der Waals surface area contributed by atoms with Gasteiger partial charge in [0.2, 0.25) is 10.0 Å². The molecule has 39 heavy (non-hydrogen) atoms. The Balaban J connectivity index is 1.77.